The van der Waals surface area contributed by atoms with Gasteiger partial charge in [0.1, 0.15) is 0 Å². The number of thiocarbonyl (C=S) groups is 1. The van der Waals surface area contributed by atoms with Crippen LogP contribution in [0.15, 0.2) is 5.10 Å². The summed E-state index contributed by atoms with van der Waals surface area (Å²) in [4.78, 5) is 11.1. The van der Waals surface area contributed by atoms with Crippen LogP contribution in [0.25, 0.3) is 0 Å². The molecule has 0 aliphatic heterocycles. The summed E-state index contributed by atoms with van der Waals surface area (Å²) in [6, 6.07) is -0.0756. The smallest absolute Gasteiger partial charge is 0.217 e. The minimum absolute atomic E-state index is 0.0682. The van der Waals surface area contributed by atoms with Crippen molar-refractivity contribution >= 4 is 40.7 Å². The second-order valence-electron chi connectivity index (χ2n) is 3.47. The molecule has 0 saturated heterocycles. The number of rotatable bonds is 7. The molecule has 0 spiro atoms. The predicted octanol–water partition coefficient (Wildman–Crippen LogP) is 0.843. The summed E-state index contributed by atoms with van der Waals surface area (Å²) >= 11 is 6.49. The number of hydrogen-bond acceptors (Lipinski definition) is 4. The van der Waals surface area contributed by atoms with Crippen molar-refractivity contribution in [3.05, 3.63) is 0 Å². The minimum atomic E-state index is -0.0756. The van der Waals surface area contributed by atoms with Crippen molar-refractivity contribution in [3.63, 3.8) is 0 Å². The van der Waals surface area contributed by atoms with Crippen LogP contribution in [0.3, 0.4) is 0 Å². The van der Waals surface area contributed by atoms with E-state index >= 15 is 0 Å². The molecule has 0 saturated carbocycles. The second kappa shape index (κ2) is 9.23. The minimum Gasteiger partial charge on any atom is -0.375 e. The van der Waals surface area contributed by atoms with Crippen LogP contribution >= 0.6 is 24.0 Å². The van der Waals surface area contributed by atoms with E-state index in [1.807, 2.05) is 18.7 Å². The molecule has 1 unspecified atom stereocenters. The summed E-state index contributed by atoms with van der Waals surface area (Å²) in [6.45, 7) is 5.43. The lowest BCUT2D eigenvalue weighted by Crippen LogP contribution is -2.40. The molecule has 0 aromatic heterocycles. The van der Waals surface area contributed by atoms with Crippen LogP contribution in [0.2, 0.25) is 0 Å². The molecule has 0 heterocycles. The Balaban J connectivity index is 4.37. The van der Waals surface area contributed by atoms with Crippen LogP contribution < -0.4 is 16.5 Å². The van der Waals surface area contributed by atoms with Crippen LogP contribution in [-0.4, -0.2) is 34.3 Å². The molecule has 1 amide bonds. The standard InChI is InChI=1S/C10H20N4OS2/c1-4-17-6-5-9(12-8(3)15)7(2)13-14-10(11)16/h9H,4-6H2,1-3H3,(H,12,15)(H3,11,14,16)/b13-7+. The van der Waals surface area contributed by atoms with E-state index in [0.29, 0.717) is 0 Å². The van der Waals surface area contributed by atoms with E-state index in [4.69, 9.17) is 5.73 Å². The Morgan fingerprint density at radius 2 is 2.18 bits per heavy atom. The van der Waals surface area contributed by atoms with Crippen molar-refractivity contribution in [2.24, 2.45) is 10.8 Å². The highest BCUT2D eigenvalue weighted by Gasteiger charge is 2.13. The number of carbonyl (C=O) groups is 1. The first-order valence-electron chi connectivity index (χ1n) is 5.41. The highest BCUT2D eigenvalue weighted by Crippen LogP contribution is 2.05. The first kappa shape index (κ1) is 16.2. The van der Waals surface area contributed by atoms with E-state index < -0.39 is 0 Å². The number of thioether (sulfide) groups is 1. The maximum atomic E-state index is 11.1. The topological polar surface area (TPSA) is 79.5 Å². The molecule has 0 bridgehead atoms. The van der Waals surface area contributed by atoms with Crippen LogP contribution in [0.4, 0.5) is 0 Å². The van der Waals surface area contributed by atoms with E-state index in [1.54, 1.807) is 0 Å². The zero-order valence-electron chi connectivity index (χ0n) is 10.4. The Kier molecular flexibility index (Phi) is 8.79. The average Bonchev–Trinajstić information content (AvgIpc) is 2.24. The van der Waals surface area contributed by atoms with Crippen LogP contribution in [0.1, 0.15) is 27.2 Å². The third-order valence-corrected chi connectivity index (χ3v) is 3.00. The van der Waals surface area contributed by atoms with E-state index in [-0.39, 0.29) is 17.1 Å². The predicted molar refractivity (Wildman–Crippen MR) is 78.3 cm³/mol. The summed E-state index contributed by atoms with van der Waals surface area (Å²) in [5.74, 6) is 1.97. The Bertz CT molecular complexity index is 294. The van der Waals surface area contributed by atoms with E-state index in [0.717, 1.165) is 23.6 Å². The fourth-order valence-electron chi connectivity index (χ4n) is 1.20. The summed E-state index contributed by atoms with van der Waals surface area (Å²) in [6.07, 6.45) is 0.840. The van der Waals surface area contributed by atoms with Gasteiger partial charge in [-0.05, 0) is 37.1 Å². The average molecular weight is 276 g/mol. The lowest BCUT2D eigenvalue weighted by molar-refractivity contribution is -0.119. The number of amides is 1. The molecule has 1 atom stereocenters. The molecule has 5 nitrogen and oxygen atoms in total. The first-order chi connectivity index (χ1) is 7.97. The third kappa shape index (κ3) is 8.93. The van der Waals surface area contributed by atoms with Crippen LogP contribution in [-0.2, 0) is 4.79 Å². The molecule has 0 aliphatic rings. The molecule has 0 aromatic rings. The second-order valence-corrected chi connectivity index (χ2v) is 5.30. The Labute approximate surface area is 112 Å². The highest BCUT2D eigenvalue weighted by atomic mass is 32.2. The maximum Gasteiger partial charge on any atom is 0.217 e. The molecule has 17 heavy (non-hydrogen) atoms. The SMILES string of the molecule is CCSCCC(NC(C)=O)/C(C)=N/NC(N)=S. The molecule has 7 heteroatoms. The molecule has 0 fully saturated rings. The normalized spacial score (nSPS) is 13.0. The number of nitrogens with two attached hydrogens (primary N) is 1. The fraction of sp³-hybridized carbons (Fsp3) is 0.700. The molecule has 0 aromatic carbocycles. The Morgan fingerprint density at radius 3 is 2.65 bits per heavy atom. The number of hydrazone groups is 1. The Hall–Kier alpha value is -0.820. The first-order valence-corrected chi connectivity index (χ1v) is 6.98. The number of hydrogen-bond donors (Lipinski definition) is 3. The summed E-state index contributed by atoms with van der Waals surface area (Å²) in [5, 5.41) is 7.01. The lowest BCUT2D eigenvalue weighted by atomic mass is 10.1. The van der Waals surface area contributed by atoms with Gasteiger partial charge in [0.2, 0.25) is 5.91 Å². The maximum absolute atomic E-state index is 11.1. The van der Waals surface area contributed by atoms with E-state index in [9.17, 15) is 4.79 Å². The molecule has 98 valence electrons. The van der Waals surface area contributed by atoms with E-state index in [1.165, 1.54) is 6.92 Å². The van der Waals surface area contributed by atoms with Gasteiger partial charge in [-0.15, -0.1) is 0 Å². The van der Waals surface area contributed by atoms with Gasteiger partial charge in [0.15, 0.2) is 5.11 Å². The third-order valence-electron chi connectivity index (χ3n) is 1.98. The number of nitrogens with one attached hydrogen (secondary N) is 2. The summed E-state index contributed by atoms with van der Waals surface area (Å²) in [5.41, 5.74) is 8.58. The monoisotopic (exact) mass is 276 g/mol. The van der Waals surface area contributed by atoms with Gasteiger partial charge in [0.05, 0.1) is 11.8 Å². The summed E-state index contributed by atoms with van der Waals surface area (Å²) < 4.78 is 0. The zero-order chi connectivity index (χ0) is 13.3. The number of nitrogens with zero attached hydrogens (tertiary/aromatic N) is 1. The van der Waals surface area contributed by atoms with Crippen molar-refractivity contribution in [1.82, 2.24) is 10.7 Å². The molecule has 0 aliphatic carbocycles. The molecular formula is C10H20N4OS2. The molecule has 0 rings (SSSR count). The van der Waals surface area contributed by atoms with Gasteiger partial charge in [-0.2, -0.15) is 16.9 Å². The lowest BCUT2D eigenvalue weighted by Gasteiger charge is -2.17. The van der Waals surface area contributed by atoms with Crippen molar-refractivity contribution in [2.45, 2.75) is 33.2 Å². The van der Waals surface area contributed by atoms with Crippen molar-refractivity contribution in [2.75, 3.05) is 11.5 Å². The molecule has 4 N–H and O–H groups in total. The van der Waals surface area contributed by atoms with Gasteiger partial charge in [-0.3, -0.25) is 10.2 Å². The van der Waals surface area contributed by atoms with Gasteiger partial charge in [-0.1, -0.05) is 6.92 Å². The number of carbonyl (C=O) groups excluding carboxylic acids is 1. The molecular weight excluding hydrogens is 256 g/mol. The van der Waals surface area contributed by atoms with Gasteiger partial charge < -0.3 is 11.1 Å². The van der Waals surface area contributed by atoms with Gasteiger partial charge in [0, 0.05) is 6.92 Å². The zero-order valence-corrected chi connectivity index (χ0v) is 12.1. The van der Waals surface area contributed by atoms with E-state index in [2.05, 4.69) is 35.0 Å². The highest BCUT2D eigenvalue weighted by molar-refractivity contribution is 7.99. The largest absolute Gasteiger partial charge is 0.375 e. The summed E-state index contributed by atoms with van der Waals surface area (Å²) in [7, 11) is 0. The van der Waals surface area contributed by atoms with Crippen molar-refractivity contribution in [1.29, 1.82) is 0 Å². The van der Waals surface area contributed by atoms with Gasteiger partial charge in [0.25, 0.3) is 0 Å². The van der Waals surface area contributed by atoms with Crippen molar-refractivity contribution < 1.29 is 4.79 Å². The van der Waals surface area contributed by atoms with Crippen LogP contribution in [0, 0.1) is 0 Å². The fourth-order valence-corrected chi connectivity index (χ4v) is 1.93. The quantitative estimate of drug-likeness (QED) is 0.278. The molecule has 0 radical (unpaired) electrons. The van der Waals surface area contributed by atoms with Crippen molar-refractivity contribution in [3.8, 4) is 0 Å². The Morgan fingerprint density at radius 1 is 1.53 bits per heavy atom. The van der Waals surface area contributed by atoms with Crippen LogP contribution in [0.5, 0.6) is 0 Å². The van der Waals surface area contributed by atoms with Gasteiger partial charge >= 0.3 is 0 Å². The van der Waals surface area contributed by atoms with Gasteiger partial charge in [-0.25, -0.2) is 0 Å².